The van der Waals surface area contributed by atoms with Gasteiger partial charge in [0.25, 0.3) is 0 Å². The third kappa shape index (κ3) is 10.8. The molecule has 0 radical (unpaired) electrons. The quantitative estimate of drug-likeness (QED) is 0.0371. The van der Waals surface area contributed by atoms with Crippen LogP contribution in [0.3, 0.4) is 0 Å². The minimum atomic E-state index is -4.64. The number of rotatable bonds is 22. The third-order valence-electron chi connectivity index (χ3n) is 13.2. The van der Waals surface area contributed by atoms with E-state index in [1.165, 1.54) is 77.6 Å². The summed E-state index contributed by atoms with van der Waals surface area (Å²) in [5, 5.41) is 70.1. The van der Waals surface area contributed by atoms with Gasteiger partial charge < -0.3 is 50.7 Å². The van der Waals surface area contributed by atoms with Crippen molar-refractivity contribution in [2.24, 2.45) is 0 Å². The predicted molar refractivity (Wildman–Crippen MR) is 268 cm³/mol. The van der Waals surface area contributed by atoms with Crippen LogP contribution < -0.4 is 24.8 Å². The SMILES string of the molecule is CNc1nc(-c2ccc(C(=O)O)c(C(=O)CC/C=C/S(=O)(=O)N[C@H]3CC34O[C@@H](n3cnc5c(NC)ncnc53)[C@H](O)[C@@H]4O)c2)nc2c1ncn2[C@@H]1O[C@H](CNS(=O)(=O)NC(=O)CCC(=O)c2ccccc2C(=O)O)[C@@H](O)[C@H]1O. The number of hydrogen-bond donors (Lipinski definition) is 11. The second-order valence-electron chi connectivity index (χ2n) is 18.2. The van der Waals surface area contributed by atoms with E-state index in [0.29, 0.717) is 17.0 Å². The minimum Gasteiger partial charge on any atom is -0.478 e. The Morgan fingerprint density at radius 1 is 0.744 bits per heavy atom. The average molecular weight is 1120 g/mol. The first-order chi connectivity index (χ1) is 37.1. The van der Waals surface area contributed by atoms with Crippen molar-refractivity contribution in [2.45, 2.75) is 86.7 Å². The molecule has 412 valence electrons. The van der Waals surface area contributed by atoms with Gasteiger partial charge in [0.2, 0.25) is 15.9 Å². The number of aliphatic hydroxyl groups is 4. The molecular formula is C46H49N13O17S2. The van der Waals surface area contributed by atoms with E-state index in [4.69, 9.17) is 9.47 Å². The highest BCUT2D eigenvalue weighted by Crippen LogP contribution is 2.53. The van der Waals surface area contributed by atoms with Crippen molar-refractivity contribution < 1.29 is 80.9 Å². The number of aliphatic hydroxyl groups excluding tert-OH is 4. The van der Waals surface area contributed by atoms with Gasteiger partial charge >= 0.3 is 22.1 Å². The zero-order valence-corrected chi connectivity index (χ0v) is 42.5. The molecule has 32 heteroatoms. The van der Waals surface area contributed by atoms with E-state index < -0.39 is 124 Å². The summed E-state index contributed by atoms with van der Waals surface area (Å²) in [6.45, 7) is -0.679. The van der Waals surface area contributed by atoms with Gasteiger partial charge in [-0.05, 0) is 31.0 Å². The lowest BCUT2D eigenvalue weighted by Crippen LogP contribution is -2.45. The van der Waals surface area contributed by atoms with Crippen LogP contribution >= 0.6 is 0 Å². The lowest BCUT2D eigenvalue weighted by atomic mass is 9.97. The van der Waals surface area contributed by atoms with Gasteiger partial charge in [0, 0.05) is 62.0 Å². The lowest BCUT2D eigenvalue weighted by molar-refractivity contribution is -0.119. The van der Waals surface area contributed by atoms with E-state index in [1.54, 1.807) is 11.8 Å². The third-order valence-corrected chi connectivity index (χ3v) is 15.4. The molecule has 2 aromatic carbocycles. The number of carboxylic acid groups (broad SMARTS) is 2. The fourth-order valence-electron chi connectivity index (χ4n) is 9.23. The highest BCUT2D eigenvalue weighted by Gasteiger charge is 2.70. The van der Waals surface area contributed by atoms with Crippen LogP contribution in [-0.2, 0) is 34.5 Å². The molecule has 1 amide bonds. The van der Waals surface area contributed by atoms with Gasteiger partial charge in [0.05, 0.1) is 29.8 Å². The molecule has 4 aromatic heterocycles. The second-order valence-corrected chi connectivity index (χ2v) is 21.3. The number of ether oxygens (including phenoxy) is 2. The summed E-state index contributed by atoms with van der Waals surface area (Å²) >= 11 is 0. The summed E-state index contributed by atoms with van der Waals surface area (Å²) < 4.78 is 72.8. The van der Waals surface area contributed by atoms with Crippen molar-refractivity contribution >= 4 is 83.6 Å². The number of carbonyl (C=O) groups is 5. The molecule has 9 rings (SSSR count). The highest BCUT2D eigenvalue weighted by atomic mass is 32.2. The molecular weight excluding hydrogens is 1070 g/mol. The number of aromatic carboxylic acids is 2. The Hall–Kier alpha value is -7.79. The van der Waals surface area contributed by atoms with Crippen molar-refractivity contribution in [2.75, 3.05) is 31.3 Å². The van der Waals surface area contributed by atoms with Gasteiger partial charge in [-0.2, -0.15) is 13.1 Å². The van der Waals surface area contributed by atoms with Crippen LogP contribution in [0.4, 0.5) is 11.6 Å². The number of nitrogens with one attached hydrogen (secondary N) is 5. The first kappa shape index (κ1) is 55.0. The van der Waals surface area contributed by atoms with Crippen LogP contribution in [0.5, 0.6) is 0 Å². The largest absolute Gasteiger partial charge is 0.478 e. The number of sulfonamides is 1. The molecule has 1 saturated carbocycles. The van der Waals surface area contributed by atoms with E-state index in [2.05, 4.69) is 50.0 Å². The first-order valence-corrected chi connectivity index (χ1v) is 26.7. The number of benzene rings is 2. The Kier molecular flexibility index (Phi) is 15.2. The maximum absolute atomic E-state index is 13.7. The molecule has 30 nitrogen and oxygen atoms in total. The molecule has 2 saturated heterocycles. The standard InChI is InChI=1S/C46H49N13O17S2/c1-47-38-31-40(50-18-49-38)58(19-51-31)43-35(65)36(66)46(76-43)16-29(46)56-77(71,72)14-6-5-9-26(60)25-15-21(10-11-24(25)45(69)70)37-54-39(48-2)32-41(55-37)59(20-52-32)42-34(64)33(63)28(75-42)17-53-78(73,74)57-30(62)13-12-27(61)22-7-3-4-8-23(22)44(67)68/h3-4,6-8,10-11,14-15,18-20,28-29,33-36,42-43,53,56,63-66H,5,9,12-13,16-17H2,1-2H3,(H,57,62)(H,67,68)(H,69,70)(H,47,49,50)(H,48,54,55)/b14-6+/t28-,29+,33-,34-,35-,36+,42-,43-,46?/m1/s1. The summed E-state index contributed by atoms with van der Waals surface area (Å²) in [6, 6.07) is 8.10. The molecule has 6 heterocycles. The van der Waals surface area contributed by atoms with E-state index in [-0.39, 0.29) is 69.9 Å². The van der Waals surface area contributed by atoms with E-state index in [1.807, 2.05) is 0 Å². The summed E-state index contributed by atoms with van der Waals surface area (Å²) in [5.41, 5.74) is -1.65. The molecule has 9 atom stereocenters. The number of hydrogen-bond acceptors (Lipinski definition) is 23. The van der Waals surface area contributed by atoms with Gasteiger partial charge in [-0.25, -0.2) is 57.4 Å². The number of imidazole rings is 2. The van der Waals surface area contributed by atoms with Crippen molar-refractivity contribution in [1.29, 1.82) is 0 Å². The molecule has 1 spiro atoms. The average Bonchev–Trinajstić information content (AvgIpc) is 3.79. The minimum absolute atomic E-state index is 0.00274. The van der Waals surface area contributed by atoms with Crippen LogP contribution in [0, 0.1) is 0 Å². The molecule has 1 unspecified atom stereocenters. The van der Waals surface area contributed by atoms with E-state index in [9.17, 15) is 71.4 Å². The molecule has 6 aromatic rings. The van der Waals surface area contributed by atoms with E-state index in [0.717, 1.165) is 11.5 Å². The number of ketones is 2. The molecule has 0 bridgehead atoms. The van der Waals surface area contributed by atoms with E-state index >= 15 is 0 Å². The monoisotopic (exact) mass is 1120 g/mol. The first-order valence-electron chi connectivity index (χ1n) is 23.7. The number of amides is 1. The topological polar surface area (TPSA) is 441 Å². The fraction of sp³-hybridized carbons (Fsp3) is 0.370. The normalized spacial score (nSPS) is 24.0. The number of aromatic nitrogens is 8. The maximum Gasteiger partial charge on any atom is 0.336 e. The molecule has 3 aliphatic rings. The van der Waals surface area contributed by atoms with Crippen molar-refractivity contribution in [3.05, 3.63) is 95.2 Å². The van der Waals surface area contributed by atoms with Crippen LogP contribution in [0.1, 0.15) is 86.0 Å². The number of Topliss-reactive ketones (excluding diaryl/α,β-unsaturated/α-hetero) is 2. The van der Waals surface area contributed by atoms with Gasteiger partial charge in [0.1, 0.15) is 48.0 Å². The van der Waals surface area contributed by atoms with Crippen molar-refractivity contribution in [1.82, 2.24) is 53.2 Å². The number of nitrogens with zero attached hydrogens (tertiary/aromatic N) is 8. The number of allylic oxidation sites excluding steroid dienone is 1. The van der Waals surface area contributed by atoms with Gasteiger partial charge in [0.15, 0.2) is 58.3 Å². The number of carboxylic acids is 2. The van der Waals surface area contributed by atoms with Crippen molar-refractivity contribution in [3.63, 3.8) is 0 Å². The molecule has 2 aliphatic heterocycles. The second kappa shape index (κ2) is 21.6. The number of carbonyl (C=O) groups excluding carboxylic acids is 3. The van der Waals surface area contributed by atoms with Gasteiger partial charge in [-0.3, -0.25) is 23.5 Å². The predicted octanol–water partition coefficient (Wildman–Crippen LogP) is -0.796. The molecule has 1 aliphatic carbocycles. The molecule has 78 heavy (non-hydrogen) atoms. The Labute approximate surface area is 440 Å². The van der Waals surface area contributed by atoms with Gasteiger partial charge in [-0.1, -0.05) is 30.3 Å². The smallest absolute Gasteiger partial charge is 0.336 e. The number of anilines is 2. The summed E-state index contributed by atoms with van der Waals surface area (Å²) in [4.78, 5) is 88.6. The summed E-state index contributed by atoms with van der Waals surface area (Å²) in [7, 11) is -5.71. The zero-order chi connectivity index (χ0) is 56.0. The number of fused-ring (bicyclic) bond motifs is 2. The molecule has 11 N–H and O–H groups in total. The maximum atomic E-state index is 13.7. The van der Waals surface area contributed by atoms with Crippen LogP contribution in [0.25, 0.3) is 33.7 Å². The molecule has 3 fully saturated rings. The summed E-state index contributed by atoms with van der Waals surface area (Å²) in [6.07, 6.45) is -7.10. The Bertz CT molecular complexity index is 3650. The van der Waals surface area contributed by atoms with Gasteiger partial charge in [-0.15, -0.1) is 0 Å². The zero-order valence-electron chi connectivity index (χ0n) is 40.9. The Balaban J connectivity index is 0.832. The van der Waals surface area contributed by atoms with Crippen LogP contribution in [0.15, 0.2) is 72.9 Å². The summed E-state index contributed by atoms with van der Waals surface area (Å²) in [5.74, 6) is -4.88. The lowest BCUT2D eigenvalue weighted by Gasteiger charge is -2.17. The van der Waals surface area contributed by atoms with Crippen molar-refractivity contribution in [3.8, 4) is 11.4 Å². The van der Waals surface area contributed by atoms with Crippen LogP contribution in [-0.4, -0.2) is 179 Å². The Morgan fingerprint density at radius 2 is 1.40 bits per heavy atom. The Morgan fingerprint density at radius 3 is 2.09 bits per heavy atom. The fourth-order valence-corrected chi connectivity index (χ4v) is 11.2. The van der Waals surface area contributed by atoms with Crippen LogP contribution in [0.2, 0.25) is 0 Å². The highest BCUT2D eigenvalue weighted by molar-refractivity contribution is 7.92.